The molecular formula is C25H32NNaO5S. The zero-order valence-corrected chi connectivity index (χ0v) is 23.2. The number of benzene rings is 2. The molecular weight excluding hydrogens is 449 g/mol. The van der Waals surface area contributed by atoms with E-state index in [-0.39, 0.29) is 47.4 Å². The maximum atomic E-state index is 11.7. The number of carbonyl (C=O) groups is 2. The molecule has 3 rings (SSSR count). The average molecular weight is 482 g/mol. The van der Waals surface area contributed by atoms with Crippen LogP contribution >= 0.6 is 11.8 Å². The zero-order chi connectivity index (χ0) is 23.3. The van der Waals surface area contributed by atoms with E-state index in [2.05, 4.69) is 26.1 Å². The van der Waals surface area contributed by atoms with Gasteiger partial charge in [-0.3, -0.25) is 14.9 Å². The van der Waals surface area contributed by atoms with Crippen molar-refractivity contribution < 1.29 is 54.8 Å². The predicted molar refractivity (Wildman–Crippen MR) is 128 cm³/mol. The number of hydrogen-bond donors (Lipinski definition) is 1. The van der Waals surface area contributed by atoms with Crippen LogP contribution in [-0.4, -0.2) is 37.2 Å². The van der Waals surface area contributed by atoms with Crippen LogP contribution in [0.1, 0.15) is 42.1 Å². The Morgan fingerprint density at radius 1 is 0.939 bits per heavy atom. The Labute approximate surface area is 223 Å². The van der Waals surface area contributed by atoms with Crippen LogP contribution in [0.5, 0.6) is 17.2 Å². The van der Waals surface area contributed by atoms with E-state index in [1.54, 1.807) is 14.2 Å². The van der Waals surface area contributed by atoms with Crippen molar-refractivity contribution in [3.05, 3.63) is 52.1 Å². The van der Waals surface area contributed by atoms with Gasteiger partial charge in [0.25, 0.3) is 5.24 Å². The summed E-state index contributed by atoms with van der Waals surface area (Å²) in [4.78, 5) is 23.0. The second-order valence-electron chi connectivity index (χ2n) is 7.96. The van der Waals surface area contributed by atoms with Crippen LogP contribution in [0.25, 0.3) is 0 Å². The van der Waals surface area contributed by atoms with Crippen molar-refractivity contribution in [3.8, 4) is 17.2 Å². The molecule has 0 spiro atoms. The predicted octanol–water partition coefficient (Wildman–Crippen LogP) is 2.04. The Balaban J connectivity index is 0.00000289. The molecule has 8 heteroatoms. The van der Waals surface area contributed by atoms with Crippen LogP contribution < -0.4 is 49.1 Å². The summed E-state index contributed by atoms with van der Waals surface area (Å²) in [5, 5.41) is 1.70. The summed E-state index contributed by atoms with van der Waals surface area (Å²) in [6, 6.07) is 7.72. The third-order valence-corrected chi connectivity index (χ3v) is 6.90. The first-order valence-corrected chi connectivity index (χ1v) is 11.7. The molecule has 2 amide bonds. The van der Waals surface area contributed by atoms with Crippen molar-refractivity contribution in [2.45, 2.75) is 51.7 Å². The second-order valence-corrected chi connectivity index (χ2v) is 9.13. The largest absolute Gasteiger partial charge is 1.00 e. The Kier molecular flexibility index (Phi) is 10.6. The van der Waals surface area contributed by atoms with Gasteiger partial charge in [0.05, 0.1) is 26.1 Å². The molecule has 1 unspecified atom stereocenters. The van der Waals surface area contributed by atoms with Crippen molar-refractivity contribution in [1.29, 1.82) is 0 Å². The maximum Gasteiger partial charge on any atom is 1.00 e. The Morgan fingerprint density at radius 2 is 1.58 bits per heavy atom. The molecule has 0 aromatic heterocycles. The molecule has 1 aliphatic heterocycles. The van der Waals surface area contributed by atoms with Gasteiger partial charge in [-0.25, -0.2) is 0 Å². The van der Waals surface area contributed by atoms with Gasteiger partial charge < -0.3 is 15.6 Å². The van der Waals surface area contributed by atoms with Gasteiger partial charge in [0.15, 0.2) is 0 Å². The van der Waals surface area contributed by atoms with E-state index in [0.29, 0.717) is 13.0 Å². The fourth-order valence-electron chi connectivity index (χ4n) is 4.10. The standard InChI is InChI=1S/C25H31NO5S.Na.H/c1-15-16(2)23(30-5)20(17(3)22(15)29-4)8-6-7-13-31-19-11-9-18(10-12-19)14-21-24(27)26-25(28)32-21;;/h9-12,21H,6-8,13-14H2,1-5H3,(H,26,27,28);;/q;+1;-1. The number of carbonyl (C=O) groups excluding carboxylic acids is 2. The number of amides is 2. The molecule has 0 saturated carbocycles. The second kappa shape index (κ2) is 12.7. The topological polar surface area (TPSA) is 73.9 Å². The first kappa shape index (κ1) is 27.6. The molecule has 174 valence electrons. The smallest absolute Gasteiger partial charge is 1.00 e. The summed E-state index contributed by atoms with van der Waals surface area (Å²) in [5.74, 6) is 2.48. The quantitative estimate of drug-likeness (QED) is 0.414. The van der Waals surface area contributed by atoms with E-state index in [1.807, 2.05) is 24.3 Å². The summed E-state index contributed by atoms with van der Waals surface area (Å²) < 4.78 is 17.2. The molecule has 2 aromatic carbocycles. The van der Waals surface area contributed by atoms with Crippen LogP contribution in [0.4, 0.5) is 4.79 Å². The Bertz CT molecular complexity index is 1000. The van der Waals surface area contributed by atoms with Gasteiger partial charge in [0, 0.05) is 5.56 Å². The van der Waals surface area contributed by atoms with Gasteiger partial charge in [0.1, 0.15) is 17.2 Å². The minimum Gasteiger partial charge on any atom is -1.00 e. The van der Waals surface area contributed by atoms with E-state index in [0.717, 1.165) is 70.5 Å². The number of imide groups is 1. The molecule has 1 atom stereocenters. The Hall–Kier alpha value is -1.67. The van der Waals surface area contributed by atoms with Crippen molar-refractivity contribution >= 4 is 22.9 Å². The molecule has 33 heavy (non-hydrogen) atoms. The van der Waals surface area contributed by atoms with Gasteiger partial charge in [-0.2, -0.15) is 0 Å². The number of ether oxygens (including phenoxy) is 3. The third kappa shape index (κ3) is 6.69. The average Bonchev–Trinajstić information content (AvgIpc) is 3.09. The molecule has 1 fully saturated rings. The van der Waals surface area contributed by atoms with Crippen LogP contribution in [0.3, 0.4) is 0 Å². The summed E-state index contributed by atoms with van der Waals surface area (Å²) in [6.45, 7) is 6.85. The molecule has 1 saturated heterocycles. The van der Waals surface area contributed by atoms with Gasteiger partial charge in [0.2, 0.25) is 5.91 Å². The maximum absolute atomic E-state index is 11.7. The minimum absolute atomic E-state index is 0. The molecule has 0 radical (unpaired) electrons. The van der Waals surface area contributed by atoms with Crippen LogP contribution in [0, 0.1) is 20.8 Å². The molecule has 1 heterocycles. The molecule has 0 aliphatic carbocycles. The van der Waals surface area contributed by atoms with Crippen LogP contribution in [0.15, 0.2) is 24.3 Å². The van der Waals surface area contributed by atoms with Crippen LogP contribution in [-0.2, 0) is 17.6 Å². The summed E-state index contributed by atoms with van der Waals surface area (Å²) >= 11 is 1.05. The van der Waals surface area contributed by atoms with Crippen molar-refractivity contribution in [3.63, 3.8) is 0 Å². The number of thioether (sulfide) groups is 1. The first-order chi connectivity index (χ1) is 15.3. The number of methoxy groups -OCH3 is 2. The summed E-state index contributed by atoms with van der Waals surface area (Å²) in [7, 11) is 3.44. The fraction of sp³-hybridized carbons (Fsp3) is 0.440. The van der Waals surface area contributed by atoms with E-state index < -0.39 is 0 Å². The number of hydrogen-bond acceptors (Lipinski definition) is 6. The molecule has 0 bridgehead atoms. The minimum atomic E-state index is -0.348. The van der Waals surface area contributed by atoms with Crippen molar-refractivity contribution in [2.24, 2.45) is 0 Å². The summed E-state index contributed by atoms with van der Waals surface area (Å²) in [5.41, 5.74) is 5.59. The van der Waals surface area contributed by atoms with E-state index in [9.17, 15) is 9.59 Å². The number of nitrogens with one attached hydrogen (secondary N) is 1. The number of rotatable bonds is 10. The molecule has 1 aliphatic rings. The SMILES string of the molecule is COc1c(C)c(C)c(OC)c(CCCCOc2ccc(CC3SC(=O)NC3=O)cc2)c1C.[H-].[Na+]. The van der Waals surface area contributed by atoms with E-state index >= 15 is 0 Å². The zero-order valence-electron chi connectivity index (χ0n) is 21.4. The van der Waals surface area contributed by atoms with Crippen molar-refractivity contribution in [1.82, 2.24) is 5.32 Å². The fourth-order valence-corrected chi connectivity index (χ4v) is 4.96. The van der Waals surface area contributed by atoms with Gasteiger partial charge >= 0.3 is 29.6 Å². The normalized spacial score (nSPS) is 15.1. The van der Waals surface area contributed by atoms with E-state index in [4.69, 9.17) is 14.2 Å². The van der Waals surface area contributed by atoms with Crippen LogP contribution in [0.2, 0.25) is 0 Å². The van der Waals surface area contributed by atoms with Crippen molar-refractivity contribution in [2.75, 3.05) is 20.8 Å². The number of unbranched alkanes of at least 4 members (excludes halogenated alkanes) is 1. The van der Waals surface area contributed by atoms with E-state index in [1.165, 1.54) is 5.56 Å². The molecule has 1 N–H and O–H groups in total. The summed E-state index contributed by atoms with van der Waals surface area (Å²) in [6.07, 6.45) is 3.32. The van der Waals surface area contributed by atoms with Gasteiger partial charge in [-0.05, 0) is 80.8 Å². The third-order valence-electron chi connectivity index (χ3n) is 5.92. The molecule has 6 nitrogen and oxygen atoms in total. The van der Waals surface area contributed by atoms with Gasteiger partial charge in [-0.15, -0.1) is 0 Å². The molecule has 2 aromatic rings. The van der Waals surface area contributed by atoms with Gasteiger partial charge in [-0.1, -0.05) is 23.9 Å². The monoisotopic (exact) mass is 481 g/mol. The first-order valence-electron chi connectivity index (χ1n) is 10.8. The Morgan fingerprint density at radius 3 is 2.15 bits per heavy atom.